The number of amides is 1. The number of pyridine rings is 1. The number of hydrogen-bond donors (Lipinski definition) is 2. The van der Waals surface area contributed by atoms with Crippen molar-refractivity contribution in [2.24, 2.45) is 5.41 Å². The maximum absolute atomic E-state index is 12.7. The highest BCUT2D eigenvalue weighted by atomic mass is 16.5. The standard InChI is InChI=1S/C24H22N2O4/c1-24(2)13-20-18(21(27)14-24)12-19(23(29)26-20)22(28)25-15-8-10-17(11-9-15)30-16-6-4-3-5-7-16/h3-12H,13-14H2,1-2H3,(H,25,28)(H,26,29). The number of fused-ring (bicyclic) bond motifs is 1. The van der Waals surface area contributed by atoms with E-state index in [4.69, 9.17) is 4.74 Å². The highest BCUT2D eigenvalue weighted by Crippen LogP contribution is 2.33. The van der Waals surface area contributed by atoms with Crippen molar-refractivity contribution in [1.82, 2.24) is 4.98 Å². The molecule has 0 bridgehead atoms. The fourth-order valence-electron chi connectivity index (χ4n) is 3.63. The Bertz CT molecular complexity index is 1160. The molecule has 1 heterocycles. The Hall–Kier alpha value is -3.67. The van der Waals surface area contributed by atoms with Crippen molar-refractivity contribution < 1.29 is 14.3 Å². The maximum atomic E-state index is 12.7. The topological polar surface area (TPSA) is 88.3 Å². The minimum Gasteiger partial charge on any atom is -0.457 e. The van der Waals surface area contributed by atoms with Crippen LogP contribution in [0.15, 0.2) is 65.5 Å². The van der Waals surface area contributed by atoms with Gasteiger partial charge in [0.1, 0.15) is 17.1 Å². The van der Waals surface area contributed by atoms with Gasteiger partial charge in [0, 0.05) is 23.4 Å². The van der Waals surface area contributed by atoms with Crippen LogP contribution in [0.5, 0.6) is 11.5 Å². The summed E-state index contributed by atoms with van der Waals surface area (Å²) in [5, 5.41) is 2.70. The van der Waals surface area contributed by atoms with E-state index in [2.05, 4.69) is 10.3 Å². The van der Waals surface area contributed by atoms with Gasteiger partial charge in [-0.05, 0) is 54.3 Å². The number of ether oxygens (including phenoxy) is 1. The highest BCUT2D eigenvalue weighted by molar-refractivity contribution is 6.06. The number of aromatic amines is 1. The average Bonchev–Trinajstić information content (AvgIpc) is 2.69. The number of ketones is 1. The number of hydrogen-bond acceptors (Lipinski definition) is 4. The number of H-pyrrole nitrogens is 1. The summed E-state index contributed by atoms with van der Waals surface area (Å²) < 4.78 is 5.73. The number of carbonyl (C=O) groups excluding carboxylic acids is 2. The molecule has 6 nitrogen and oxygen atoms in total. The summed E-state index contributed by atoms with van der Waals surface area (Å²) in [5.41, 5.74) is 0.753. The third-order valence-corrected chi connectivity index (χ3v) is 5.05. The van der Waals surface area contributed by atoms with Crippen LogP contribution in [0.3, 0.4) is 0 Å². The van der Waals surface area contributed by atoms with Crippen LogP contribution in [0.2, 0.25) is 0 Å². The molecule has 0 aliphatic heterocycles. The molecule has 6 heteroatoms. The van der Waals surface area contributed by atoms with Gasteiger partial charge < -0.3 is 15.0 Å². The molecule has 0 radical (unpaired) electrons. The van der Waals surface area contributed by atoms with Crippen molar-refractivity contribution in [3.63, 3.8) is 0 Å². The van der Waals surface area contributed by atoms with E-state index in [0.717, 1.165) is 0 Å². The number of rotatable bonds is 4. The Kier molecular flexibility index (Phi) is 4.99. The number of nitrogens with one attached hydrogen (secondary N) is 2. The fraction of sp³-hybridized carbons (Fsp3) is 0.208. The molecule has 3 aromatic rings. The molecule has 0 unspecified atom stereocenters. The van der Waals surface area contributed by atoms with Gasteiger partial charge in [-0.25, -0.2) is 0 Å². The van der Waals surface area contributed by atoms with Gasteiger partial charge in [-0.3, -0.25) is 14.4 Å². The van der Waals surface area contributed by atoms with Crippen LogP contribution in [0, 0.1) is 5.41 Å². The molecule has 0 saturated heterocycles. The van der Waals surface area contributed by atoms with E-state index in [1.807, 2.05) is 44.2 Å². The second-order valence-corrected chi connectivity index (χ2v) is 8.24. The molecule has 1 aliphatic carbocycles. The van der Waals surface area contributed by atoms with Gasteiger partial charge in [0.25, 0.3) is 11.5 Å². The smallest absolute Gasteiger partial charge is 0.261 e. The van der Waals surface area contributed by atoms with E-state index in [0.29, 0.717) is 41.3 Å². The lowest BCUT2D eigenvalue weighted by molar-refractivity contribution is 0.0910. The average molecular weight is 402 g/mol. The van der Waals surface area contributed by atoms with Gasteiger partial charge in [0.05, 0.1) is 0 Å². The number of para-hydroxylation sites is 1. The summed E-state index contributed by atoms with van der Waals surface area (Å²) in [6.07, 6.45) is 0.976. The van der Waals surface area contributed by atoms with Crippen molar-refractivity contribution in [3.05, 3.63) is 87.8 Å². The normalized spacial score (nSPS) is 14.7. The van der Waals surface area contributed by atoms with E-state index in [1.54, 1.807) is 24.3 Å². The lowest BCUT2D eigenvalue weighted by Crippen LogP contribution is -2.32. The third kappa shape index (κ3) is 4.17. The van der Waals surface area contributed by atoms with Gasteiger partial charge in [-0.1, -0.05) is 32.0 Å². The van der Waals surface area contributed by atoms with Crippen molar-refractivity contribution >= 4 is 17.4 Å². The summed E-state index contributed by atoms with van der Waals surface area (Å²) in [5.74, 6) is 0.712. The Labute approximate surface area is 173 Å². The van der Waals surface area contributed by atoms with E-state index < -0.39 is 11.5 Å². The summed E-state index contributed by atoms with van der Waals surface area (Å²) in [6, 6.07) is 17.6. The molecule has 2 N–H and O–H groups in total. The Morgan fingerprint density at radius 3 is 2.33 bits per heavy atom. The largest absolute Gasteiger partial charge is 0.457 e. The molecule has 2 aromatic carbocycles. The number of carbonyl (C=O) groups is 2. The van der Waals surface area contributed by atoms with Crippen molar-refractivity contribution in [2.45, 2.75) is 26.7 Å². The predicted octanol–water partition coefficient (Wildman–Crippen LogP) is 4.57. The summed E-state index contributed by atoms with van der Waals surface area (Å²) in [4.78, 5) is 40.3. The van der Waals surface area contributed by atoms with E-state index in [-0.39, 0.29) is 16.8 Å². The highest BCUT2D eigenvalue weighted by Gasteiger charge is 2.32. The molecule has 0 spiro atoms. The van der Waals surface area contributed by atoms with E-state index in [9.17, 15) is 14.4 Å². The first-order valence-electron chi connectivity index (χ1n) is 9.74. The molecule has 1 aliphatic rings. The first kappa shape index (κ1) is 19.6. The summed E-state index contributed by atoms with van der Waals surface area (Å²) in [7, 11) is 0. The van der Waals surface area contributed by atoms with Crippen molar-refractivity contribution in [1.29, 1.82) is 0 Å². The minimum absolute atomic E-state index is 0.0611. The van der Waals surface area contributed by atoms with Crippen LogP contribution in [0.1, 0.15) is 46.7 Å². The zero-order valence-corrected chi connectivity index (χ0v) is 16.8. The molecule has 4 rings (SSSR count). The zero-order chi connectivity index (χ0) is 21.3. The Balaban J connectivity index is 1.51. The molecule has 1 amide bonds. The van der Waals surface area contributed by atoms with Crippen LogP contribution >= 0.6 is 0 Å². The predicted molar refractivity (Wildman–Crippen MR) is 114 cm³/mol. The fourth-order valence-corrected chi connectivity index (χ4v) is 3.63. The van der Waals surface area contributed by atoms with Gasteiger partial charge in [-0.2, -0.15) is 0 Å². The second-order valence-electron chi connectivity index (χ2n) is 8.24. The van der Waals surface area contributed by atoms with E-state index in [1.165, 1.54) is 6.07 Å². The van der Waals surface area contributed by atoms with Crippen LogP contribution in [-0.2, 0) is 6.42 Å². The van der Waals surface area contributed by atoms with Crippen LogP contribution < -0.4 is 15.6 Å². The number of Topliss-reactive ketones (excluding diaryl/α,β-unsaturated/α-hetero) is 1. The van der Waals surface area contributed by atoms with Gasteiger partial charge in [0.15, 0.2) is 5.78 Å². The summed E-state index contributed by atoms with van der Waals surface area (Å²) in [6.45, 7) is 3.97. The van der Waals surface area contributed by atoms with Crippen molar-refractivity contribution in [2.75, 3.05) is 5.32 Å². The zero-order valence-electron chi connectivity index (χ0n) is 16.8. The lowest BCUT2D eigenvalue weighted by atomic mass is 9.75. The van der Waals surface area contributed by atoms with Crippen molar-refractivity contribution in [3.8, 4) is 11.5 Å². The SMILES string of the molecule is CC1(C)CC(=O)c2cc(C(=O)Nc3ccc(Oc4ccccc4)cc3)c(=O)[nH]c2C1. The second kappa shape index (κ2) is 7.63. The van der Waals surface area contributed by atoms with Gasteiger partial charge >= 0.3 is 0 Å². The van der Waals surface area contributed by atoms with E-state index >= 15 is 0 Å². The van der Waals surface area contributed by atoms with Crippen LogP contribution in [0.25, 0.3) is 0 Å². The summed E-state index contributed by atoms with van der Waals surface area (Å²) >= 11 is 0. The Morgan fingerprint density at radius 2 is 1.63 bits per heavy atom. The molecule has 1 aromatic heterocycles. The monoisotopic (exact) mass is 402 g/mol. The lowest BCUT2D eigenvalue weighted by Gasteiger charge is -2.29. The number of aromatic nitrogens is 1. The quantitative estimate of drug-likeness (QED) is 0.669. The molecule has 0 saturated carbocycles. The van der Waals surface area contributed by atoms with Gasteiger partial charge in [0.2, 0.25) is 0 Å². The third-order valence-electron chi connectivity index (χ3n) is 5.05. The van der Waals surface area contributed by atoms with Gasteiger partial charge in [-0.15, -0.1) is 0 Å². The molecule has 30 heavy (non-hydrogen) atoms. The number of benzene rings is 2. The maximum Gasteiger partial charge on any atom is 0.261 e. The van der Waals surface area contributed by atoms with Crippen LogP contribution in [-0.4, -0.2) is 16.7 Å². The number of anilines is 1. The molecule has 0 fully saturated rings. The first-order valence-corrected chi connectivity index (χ1v) is 9.74. The first-order chi connectivity index (χ1) is 14.3. The van der Waals surface area contributed by atoms with Crippen LogP contribution in [0.4, 0.5) is 5.69 Å². The molecule has 152 valence electrons. The molecular formula is C24H22N2O4. The molecular weight excluding hydrogens is 380 g/mol. The minimum atomic E-state index is -0.562. The molecule has 0 atom stereocenters. The Morgan fingerprint density at radius 1 is 0.967 bits per heavy atom.